The minimum Gasteiger partial charge on any atom is -0.302 e. The van der Waals surface area contributed by atoms with Gasteiger partial charge in [-0.1, -0.05) is 18.2 Å². The van der Waals surface area contributed by atoms with Gasteiger partial charge in [0, 0.05) is 35.4 Å². The van der Waals surface area contributed by atoms with Gasteiger partial charge in [-0.3, -0.25) is 14.5 Å². The summed E-state index contributed by atoms with van der Waals surface area (Å²) >= 11 is 1.34. The van der Waals surface area contributed by atoms with Gasteiger partial charge in [0.2, 0.25) is 15.9 Å². The van der Waals surface area contributed by atoms with E-state index in [0.29, 0.717) is 29.4 Å². The Hall–Kier alpha value is -2.78. The van der Waals surface area contributed by atoms with Crippen LogP contribution in [0.1, 0.15) is 12.0 Å². The molecule has 140 valence electrons. The van der Waals surface area contributed by atoms with Crippen molar-refractivity contribution in [3.8, 4) is 11.3 Å². The molecule has 9 heteroatoms. The fraction of sp³-hybridized carbons (Fsp3) is 0.167. The summed E-state index contributed by atoms with van der Waals surface area (Å²) in [6.45, 7) is 0. The number of carbonyl (C=O) groups is 1. The van der Waals surface area contributed by atoms with Gasteiger partial charge in [-0.2, -0.15) is 0 Å². The zero-order chi connectivity index (χ0) is 19.3. The normalized spacial score (nSPS) is 11.1. The predicted molar refractivity (Wildman–Crippen MR) is 107 cm³/mol. The van der Waals surface area contributed by atoms with Crippen molar-refractivity contribution in [1.29, 1.82) is 0 Å². The summed E-state index contributed by atoms with van der Waals surface area (Å²) in [6.07, 6.45) is 5.52. The number of sulfonamides is 1. The second-order valence-corrected chi connectivity index (χ2v) is 8.51. The molecule has 0 bridgehead atoms. The largest absolute Gasteiger partial charge is 0.302 e. The zero-order valence-corrected chi connectivity index (χ0v) is 16.2. The molecule has 0 saturated heterocycles. The van der Waals surface area contributed by atoms with Gasteiger partial charge in [0.1, 0.15) is 0 Å². The number of nitrogens with zero attached hydrogens (tertiary/aromatic N) is 2. The number of rotatable bonds is 7. The van der Waals surface area contributed by atoms with Crippen LogP contribution in [0.15, 0.2) is 54.2 Å². The molecule has 0 spiro atoms. The van der Waals surface area contributed by atoms with Gasteiger partial charge < -0.3 is 5.32 Å². The number of pyridine rings is 1. The lowest BCUT2D eigenvalue weighted by molar-refractivity contribution is -0.116. The van der Waals surface area contributed by atoms with Crippen LogP contribution in [0.25, 0.3) is 11.3 Å². The van der Waals surface area contributed by atoms with Crippen LogP contribution in [-0.4, -0.2) is 30.5 Å². The van der Waals surface area contributed by atoms with Crippen LogP contribution < -0.4 is 10.0 Å². The molecule has 2 N–H and O–H groups in total. The maximum atomic E-state index is 12.1. The second-order valence-electron chi connectivity index (χ2n) is 5.90. The molecule has 0 aliphatic rings. The molecule has 0 atom stereocenters. The third-order valence-electron chi connectivity index (χ3n) is 3.60. The zero-order valence-electron chi connectivity index (χ0n) is 14.5. The molecule has 3 aromatic rings. The van der Waals surface area contributed by atoms with Crippen molar-refractivity contribution in [2.75, 3.05) is 16.3 Å². The first-order valence-electron chi connectivity index (χ1n) is 8.11. The van der Waals surface area contributed by atoms with Gasteiger partial charge >= 0.3 is 0 Å². The molecule has 0 aliphatic heterocycles. The van der Waals surface area contributed by atoms with Gasteiger partial charge in [0.05, 0.1) is 11.9 Å². The Bertz CT molecular complexity index is 1020. The molecule has 0 aliphatic carbocycles. The SMILES string of the molecule is CS(=O)(=O)Nc1ccc(-c2csc(NC(=O)CCc3cccnc3)n2)cc1. The van der Waals surface area contributed by atoms with Gasteiger partial charge in [-0.15, -0.1) is 11.3 Å². The maximum absolute atomic E-state index is 12.1. The lowest BCUT2D eigenvalue weighted by atomic mass is 10.1. The van der Waals surface area contributed by atoms with E-state index in [1.165, 1.54) is 11.3 Å². The molecule has 0 fully saturated rings. The fourth-order valence-electron chi connectivity index (χ4n) is 2.37. The Morgan fingerprint density at radius 3 is 2.63 bits per heavy atom. The minimum atomic E-state index is -3.30. The van der Waals surface area contributed by atoms with Gasteiger partial charge in [0.25, 0.3) is 0 Å². The Labute approximate surface area is 161 Å². The van der Waals surface area contributed by atoms with Crippen molar-refractivity contribution >= 4 is 38.1 Å². The van der Waals surface area contributed by atoms with Crippen molar-refractivity contribution in [2.24, 2.45) is 0 Å². The fourth-order valence-corrected chi connectivity index (χ4v) is 3.67. The number of aryl methyl sites for hydroxylation is 1. The Morgan fingerprint density at radius 2 is 1.96 bits per heavy atom. The van der Waals surface area contributed by atoms with Crippen molar-refractivity contribution < 1.29 is 13.2 Å². The summed E-state index contributed by atoms with van der Waals surface area (Å²) in [4.78, 5) is 20.5. The van der Waals surface area contributed by atoms with Crippen molar-refractivity contribution in [2.45, 2.75) is 12.8 Å². The molecule has 0 radical (unpaired) electrons. The van der Waals surface area contributed by atoms with E-state index < -0.39 is 10.0 Å². The molecule has 3 rings (SSSR count). The molecule has 27 heavy (non-hydrogen) atoms. The minimum absolute atomic E-state index is 0.104. The first-order valence-corrected chi connectivity index (χ1v) is 10.9. The summed E-state index contributed by atoms with van der Waals surface area (Å²) in [5.74, 6) is -0.104. The van der Waals surface area contributed by atoms with E-state index in [4.69, 9.17) is 0 Å². The van der Waals surface area contributed by atoms with Crippen LogP contribution in [-0.2, 0) is 21.2 Å². The highest BCUT2D eigenvalue weighted by molar-refractivity contribution is 7.92. The Balaban J connectivity index is 1.58. The van der Waals surface area contributed by atoms with E-state index in [1.807, 2.05) is 17.5 Å². The molecule has 1 amide bonds. The first-order chi connectivity index (χ1) is 12.9. The monoisotopic (exact) mass is 402 g/mol. The predicted octanol–water partition coefficient (Wildman–Crippen LogP) is 3.15. The number of anilines is 2. The standard InChI is InChI=1S/C18H18N4O3S2/c1-27(24,25)22-15-7-5-14(6-8-15)16-12-26-18(20-16)21-17(23)9-4-13-3-2-10-19-11-13/h2-3,5-8,10-12,22H,4,9H2,1H3,(H,20,21,23). The van der Waals surface area contributed by atoms with Crippen LogP contribution >= 0.6 is 11.3 Å². The molecular weight excluding hydrogens is 384 g/mol. The molecule has 1 aromatic carbocycles. The van der Waals surface area contributed by atoms with E-state index in [0.717, 1.165) is 17.4 Å². The number of hydrogen-bond donors (Lipinski definition) is 2. The summed E-state index contributed by atoms with van der Waals surface area (Å²) in [5.41, 5.74) is 3.05. The molecule has 0 saturated carbocycles. The van der Waals surface area contributed by atoms with E-state index in [-0.39, 0.29) is 5.91 Å². The average molecular weight is 403 g/mol. The van der Waals surface area contributed by atoms with Crippen LogP contribution in [0.2, 0.25) is 0 Å². The Kier molecular flexibility index (Phi) is 5.82. The molecule has 2 heterocycles. The van der Waals surface area contributed by atoms with E-state index in [1.54, 1.807) is 36.7 Å². The maximum Gasteiger partial charge on any atom is 0.229 e. The number of nitrogens with one attached hydrogen (secondary N) is 2. The molecule has 0 unspecified atom stereocenters. The van der Waals surface area contributed by atoms with E-state index in [9.17, 15) is 13.2 Å². The molecule has 7 nitrogen and oxygen atoms in total. The van der Waals surface area contributed by atoms with Crippen molar-refractivity contribution in [1.82, 2.24) is 9.97 Å². The number of hydrogen-bond acceptors (Lipinski definition) is 6. The van der Waals surface area contributed by atoms with Gasteiger partial charge in [-0.05, 0) is 30.2 Å². The summed E-state index contributed by atoms with van der Waals surface area (Å²) in [5, 5.41) is 5.17. The lowest BCUT2D eigenvalue weighted by Gasteiger charge is -2.04. The third kappa shape index (κ3) is 5.87. The van der Waals surface area contributed by atoms with Crippen LogP contribution in [0, 0.1) is 0 Å². The highest BCUT2D eigenvalue weighted by Gasteiger charge is 2.09. The van der Waals surface area contributed by atoms with Gasteiger partial charge in [-0.25, -0.2) is 13.4 Å². The molecular formula is C18H18N4O3S2. The number of benzene rings is 1. The highest BCUT2D eigenvalue weighted by Crippen LogP contribution is 2.26. The summed E-state index contributed by atoms with van der Waals surface area (Å²) in [6, 6.07) is 10.7. The quantitative estimate of drug-likeness (QED) is 0.632. The number of thiazole rings is 1. The van der Waals surface area contributed by atoms with E-state index in [2.05, 4.69) is 20.0 Å². The van der Waals surface area contributed by atoms with Crippen molar-refractivity contribution in [3.63, 3.8) is 0 Å². The van der Waals surface area contributed by atoms with Crippen LogP contribution in [0.3, 0.4) is 0 Å². The van der Waals surface area contributed by atoms with Crippen molar-refractivity contribution in [3.05, 3.63) is 59.7 Å². The number of aromatic nitrogens is 2. The van der Waals surface area contributed by atoms with Gasteiger partial charge in [0.15, 0.2) is 5.13 Å². The van der Waals surface area contributed by atoms with E-state index >= 15 is 0 Å². The lowest BCUT2D eigenvalue weighted by Crippen LogP contribution is -2.12. The highest BCUT2D eigenvalue weighted by atomic mass is 32.2. The average Bonchev–Trinajstić information content (AvgIpc) is 3.08. The second kappa shape index (κ2) is 8.28. The summed E-state index contributed by atoms with van der Waals surface area (Å²) < 4.78 is 24.9. The van der Waals surface area contributed by atoms with Crippen LogP contribution in [0.4, 0.5) is 10.8 Å². The smallest absolute Gasteiger partial charge is 0.229 e. The number of carbonyl (C=O) groups excluding carboxylic acids is 1. The topological polar surface area (TPSA) is 101 Å². The third-order valence-corrected chi connectivity index (χ3v) is 4.96. The summed E-state index contributed by atoms with van der Waals surface area (Å²) in [7, 11) is -3.30. The Morgan fingerprint density at radius 1 is 1.19 bits per heavy atom. The first kappa shape index (κ1) is 19.0. The van der Waals surface area contributed by atoms with Crippen LogP contribution in [0.5, 0.6) is 0 Å². The number of amides is 1. The molecule has 2 aromatic heterocycles.